The third-order valence-electron chi connectivity index (χ3n) is 3.98. The SMILES string of the molecule is CCCNC(c1cc2ccccc2o1)C(C)(C)S(C)(=O)=O. The Labute approximate surface area is 126 Å². The minimum absolute atomic E-state index is 0.375. The van der Waals surface area contributed by atoms with Crippen LogP contribution in [0.3, 0.4) is 0 Å². The van der Waals surface area contributed by atoms with Gasteiger partial charge in [0, 0.05) is 11.6 Å². The first kappa shape index (κ1) is 16.0. The summed E-state index contributed by atoms with van der Waals surface area (Å²) in [5.41, 5.74) is 0.778. The molecular formula is C16H23NO3S. The predicted octanol–water partition coefficient (Wildman–Crippen LogP) is 3.30. The fourth-order valence-corrected chi connectivity index (χ4v) is 2.96. The van der Waals surface area contributed by atoms with Gasteiger partial charge in [-0.2, -0.15) is 0 Å². The highest BCUT2D eigenvalue weighted by Crippen LogP contribution is 2.35. The van der Waals surface area contributed by atoms with E-state index in [0.29, 0.717) is 5.76 Å². The van der Waals surface area contributed by atoms with E-state index in [2.05, 4.69) is 12.2 Å². The number of benzene rings is 1. The number of nitrogens with one attached hydrogen (secondary N) is 1. The van der Waals surface area contributed by atoms with Gasteiger partial charge in [0.2, 0.25) is 0 Å². The second kappa shape index (κ2) is 5.81. The van der Waals surface area contributed by atoms with Crippen LogP contribution in [-0.4, -0.2) is 26.0 Å². The zero-order valence-electron chi connectivity index (χ0n) is 13.0. The number of hydrogen-bond donors (Lipinski definition) is 1. The molecule has 0 saturated heterocycles. The van der Waals surface area contributed by atoms with Gasteiger partial charge in [-0.1, -0.05) is 25.1 Å². The van der Waals surface area contributed by atoms with E-state index in [1.807, 2.05) is 30.3 Å². The molecule has 1 aromatic carbocycles. The maximum Gasteiger partial charge on any atom is 0.154 e. The zero-order valence-corrected chi connectivity index (χ0v) is 13.8. The van der Waals surface area contributed by atoms with Crippen molar-refractivity contribution in [1.29, 1.82) is 0 Å². The molecule has 21 heavy (non-hydrogen) atoms. The van der Waals surface area contributed by atoms with Crippen LogP contribution in [0.1, 0.15) is 39.0 Å². The molecule has 4 nitrogen and oxygen atoms in total. The van der Waals surface area contributed by atoms with Gasteiger partial charge >= 0.3 is 0 Å². The summed E-state index contributed by atoms with van der Waals surface area (Å²) in [6, 6.07) is 9.26. The van der Waals surface area contributed by atoms with Gasteiger partial charge in [0.1, 0.15) is 11.3 Å². The van der Waals surface area contributed by atoms with Crippen molar-refractivity contribution >= 4 is 20.8 Å². The Kier molecular flexibility index (Phi) is 4.44. The number of sulfone groups is 1. The summed E-state index contributed by atoms with van der Waals surface area (Å²) in [7, 11) is -3.24. The van der Waals surface area contributed by atoms with Crippen LogP contribution < -0.4 is 5.32 Å². The van der Waals surface area contributed by atoms with Crippen LogP contribution in [0.4, 0.5) is 0 Å². The fourth-order valence-electron chi connectivity index (χ4n) is 2.34. The molecule has 0 aliphatic heterocycles. The third kappa shape index (κ3) is 3.14. The van der Waals surface area contributed by atoms with Crippen LogP contribution in [0, 0.1) is 0 Å². The van der Waals surface area contributed by atoms with Crippen LogP contribution in [0.15, 0.2) is 34.7 Å². The van der Waals surface area contributed by atoms with Gasteiger partial charge < -0.3 is 9.73 Å². The monoisotopic (exact) mass is 309 g/mol. The number of hydrogen-bond acceptors (Lipinski definition) is 4. The number of fused-ring (bicyclic) bond motifs is 1. The molecule has 1 N–H and O–H groups in total. The molecule has 0 fully saturated rings. The molecule has 0 radical (unpaired) electrons. The first-order valence-corrected chi connectivity index (χ1v) is 9.08. The van der Waals surface area contributed by atoms with Crippen molar-refractivity contribution in [3.8, 4) is 0 Å². The Morgan fingerprint density at radius 1 is 1.29 bits per heavy atom. The minimum Gasteiger partial charge on any atom is -0.459 e. The highest BCUT2D eigenvalue weighted by atomic mass is 32.2. The van der Waals surface area contributed by atoms with E-state index >= 15 is 0 Å². The van der Waals surface area contributed by atoms with Gasteiger partial charge in [-0.25, -0.2) is 8.42 Å². The van der Waals surface area contributed by atoms with Crippen molar-refractivity contribution in [2.45, 2.75) is 38.0 Å². The van der Waals surface area contributed by atoms with Crippen LogP contribution in [0.25, 0.3) is 11.0 Å². The quantitative estimate of drug-likeness (QED) is 0.889. The molecule has 1 aromatic heterocycles. The average Bonchev–Trinajstić information content (AvgIpc) is 2.80. The summed E-state index contributed by atoms with van der Waals surface area (Å²) < 4.78 is 29.3. The molecule has 0 aliphatic carbocycles. The molecular weight excluding hydrogens is 286 g/mol. The summed E-state index contributed by atoms with van der Waals surface area (Å²) in [6.45, 7) is 6.27. The topological polar surface area (TPSA) is 59.3 Å². The van der Waals surface area contributed by atoms with E-state index in [1.165, 1.54) is 6.26 Å². The first-order chi connectivity index (χ1) is 9.77. The molecule has 1 heterocycles. The van der Waals surface area contributed by atoms with Crippen molar-refractivity contribution in [2.75, 3.05) is 12.8 Å². The van der Waals surface area contributed by atoms with Gasteiger partial charge in [0.15, 0.2) is 9.84 Å². The summed E-state index contributed by atoms with van der Waals surface area (Å²) >= 11 is 0. The van der Waals surface area contributed by atoms with Gasteiger partial charge in [-0.3, -0.25) is 0 Å². The first-order valence-electron chi connectivity index (χ1n) is 7.19. The van der Waals surface area contributed by atoms with Crippen molar-refractivity contribution in [3.63, 3.8) is 0 Å². The molecule has 116 valence electrons. The molecule has 2 aromatic rings. The Morgan fingerprint density at radius 3 is 2.52 bits per heavy atom. The lowest BCUT2D eigenvalue weighted by Crippen LogP contribution is -2.45. The summed E-state index contributed by atoms with van der Waals surface area (Å²) in [4.78, 5) is 0. The molecule has 0 saturated carbocycles. The molecule has 2 rings (SSSR count). The lowest BCUT2D eigenvalue weighted by molar-refractivity contribution is 0.362. The highest BCUT2D eigenvalue weighted by Gasteiger charge is 2.41. The second-order valence-electron chi connectivity index (χ2n) is 5.95. The van der Waals surface area contributed by atoms with Gasteiger partial charge in [0.25, 0.3) is 0 Å². The van der Waals surface area contributed by atoms with Crippen molar-refractivity contribution in [2.24, 2.45) is 0 Å². The Hall–Kier alpha value is -1.33. The summed E-state index contributed by atoms with van der Waals surface area (Å²) in [5, 5.41) is 4.31. The Balaban J connectivity index is 2.49. The Bertz CT molecular complexity index is 683. The molecule has 0 bridgehead atoms. The van der Waals surface area contributed by atoms with Crippen LogP contribution >= 0.6 is 0 Å². The van der Waals surface area contributed by atoms with E-state index < -0.39 is 14.6 Å². The molecule has 0 aliphatic rings. The van der Waals surface area contributed by atoms with Crippen LogP contribution in [0.5, 0.6) is 0 Å². The highest BCUT2D eigenvalue weighted by molar-refractivity contribution is 7.92. The Morgan fingerprint density at radius 2 is 1.95 bits per heavy atom. The number of para-hydroxylation sites is 1. The third-order valence-corrected chi connectivity index (χ3v) is 6.13. The van der Waals surface area contributed by atoms with Gasteiger partial charge in [0.05, 0.1) is 10.8 Å². The average molecular weight is 309 g/mol. The van der Waals surface area contributed by atoms with E-state index in [1.54, 1.807) is 13.8 Å². The normalized spacial score (nSPS) is 14.5. The van der Waals surface area contributed by atoms with E-state index in [4.69, 9.17) is 4.42 Å². The lowest BCUT2D eigenvalue weighted by Gasteiger charge is -2.32. The smallest absolute Gasteiger partial charge is 0.154 e. The lowest BCUT2D eigenvalue weighted by atomic mass is 10.00. The fraction of sp³-hybridized carbons (Fsp3) is 0.500. The zero-order chi connectivity index (χ0) is 15.7. The maximum absolute atomic E-state index is 12.2. The van der Waals surface area contributed by atoms with Crippen LogP contribution in [0.2, 0.25) is 0 Å². The maximum atomic E-state index is 12.2. The standard InChI is InChI=1S/C16H23NO3S/c1-5-10-17-15(16(2,3)21(4,18)19)14-11-12-8-6-7-9-13(12)20-14/h6-9,11,15,17H,5,10H2,1-4H3. The van der Waals surface area contributed by atoms with E-state index in [0.717, 1.165) is 23.9 Å². The van der Waals surface area contributed by atoms with Crippen molar-refractivity contribution in [1.82, 2.24) is 5.32 Å². The molecule has 0 spiro atoms. The molecule has 1 unspecified atom stereocenters. The van der Waals surface area contributed by atoms with Gasteiger partial charge in [-0.05, 0) is 38.9 Å². The van der Waals surface area contributed by atoms with Crippen LogP contribution in [-0.2, 0) is 9.84 Å². The minimum atomic E-state index is -3.24. The molecule has 5 heteroatoms. The number of furan rings is 1. The summed E-state index contributed by atoms with van der Waals surface area (Å²) in [5.74, 6) is 0.667. The largest absolute Gasteiger partial charge is 0.459 e. The predicted molar refractivity (Wildman–Crippen MR) is 86.2 cm³/mol. The molecule has 1 atom stereocenters. The van der Waals surface area contributed by atoms with E-state index in [9.17, 15) is 8.42 Å². The van der Waals surface area contributed by atoms with Crippen molar-refractivity contribution in [3.05, 3.63) is 36.1 Å². The number of rotatable bonds is 6. The van der Waals surface area contributed by atoms with Gasteiger partial charge in [-0.15, -0.1) is 0 Å². The summed E-state index contributed by atoms with van der Waals surface area (Å²) in [6.07, 6.45) is 2.20. The van der Waals surface area contributed by atoms with Crippen molar-refractivity contribution < 1.29 is 12.8 Å². The second-order valence-corrected chi connectivity index (χ2v) is 8.55. The van der Waals surface area contributed by atoms with E-state index in [-0.39, 0.29) is 6.04 Å². The molecule has 0 amide bonds.